The molecule has 20 heavy (non-hydrogen) atoms. The predicted octanol–water partition coefficient (Wildman–Crippen LogP) is -0.442. The summed E-state index contributed by atoms with van der Waals surface area (Å²) in [7, 11) is 1.61. The zero-order valence-corrected chi connectivity index (χ0v) is 11.5. The number of rotatable bonds is 8. The highest BCUT2D eigenvalue weighted by atomic mass is 16.5. The highest BCUT2D eigenvalue weighted by Crippen LogP contribution is 1.93. The molecular formula is C11H19N5O4. The number of carboxylic acid groups (broad SMARTS) is 1. The number of hydrogen-bond acceptors (Lipinski definition) is 5. The molecule has 1 rings (SSSR count). The first-order valence-corrected chi connectivity index (χ1v) is 6.17. The summed E-state index contributed by atoms with van der Waals surface area (Å²) < 4.78 is 6.32. The topological polar surface area (TPSA) is 118 Å². The van der Waals surface area contributed by atoms with Crippen molar-refractivity contribution in [2.24, 2.45) is 5.92 Å². The van der Waals surface area contributed by atoms with E-state index in [-0.39, 0.29) is 17.6 Å². The van der Waals surface area contributed by atoms with Gasteiger partial charge in [-0.1, -0.05) is 12.1 Å². The quantitative estimate of drug-likeness (QED) is 0.596. The van der Waals surface area contributed by atoms with Crippen LogP contribution in [0.4, 0.5) is 4.79 Å². The second-order valence-electron chi connectivity index (χ2n) is 4.37. The standard InChI is InChI=1S/C11H19N5O4/c1-8(7-20-2)5-13-11(19)12-3-4-16-6-9(10(17)18)14-15-16/h6,8H,3-5,7H2,1-2H3,(H,17,18)(H2,12,13,19). The van der Waals surface area contributed by atoms with Gasteiger partial charge in [-0.05, 0) is 5.92 Å². The molecule has 1 atom stereocenters. The van der Waals surface area contributed by atoms with E-state index in [2.05, 4.69) is 20.9 Å². The Morgan fingerprint density at radius 3 is 2.85 bits per heavy atom. The van der Waals surface area contributed by atoms with Gasteiger partial charge >= 0.3 is 12.0 Å². The van der Waals surface area contributed by atoms with Crippen LogP contribution in [0.3, 0.4) is 0 Å². The first-order valence-electron chi connectivity index (χ1n) is 6.17. The maximum Gasteiger partial charge on any atom is 0.358 e. The van der Waals surface area contributed by atoms with E-state index in [4.69, 9.17) is 9.84 Å². The SMILES string of the molecule is COCC(C)CNC(=O)NCCn1cc(C(=O)O)nn1. The summed E-state index contributed by atoms with van der Waals surface area (Å²) in [6.45, 7) is 3.74. The average molecular weight is 285 g/mol. The molecule has 0 saturated heterocycles. The number of ether oxygens (including phenoxy) is 1. The third kappa shape index (κ3) is 5.65. The van der Waals surface area contributed by atoms with Crippen molar-refractivity contribution < 1.29 is 19.4 Å². The number of nitrogens with one attached hydrogen (secondary N) is 2. The van der Waals surface area contributed by atoms with Gasteiger partial charge < -0.3 is 20.5 Å². The van der Waals surface area contributed by atoms with Crippen molar-refractivity contribution in [2.45, 2.75) is 13.5 Å². The minimum atomic E-state index is -1.13. The maximum absolute atomic E-state index is 11.5. The van der Waals surface area contributed by atoms with Gasteiger partial charge in [-0.3, -0.25) is 0 Å². The van der Waals surface area contributed by atoms with Crippen molar-refractivity contribution in [3.63, 3.8) is 0 Å². The normalized spacial score (nSPS) is 11.9. The molecule has 1 unspecified atom stereocenters. The summed E-state index contributed by atoms with van der Waals surface area (Å²) in [6.07, 6.45) is 1.31. The van der Waals surface area contributed by atoms with Crippen LogP contribution in [0.15, 0.2) is 6.20 Å². The summed E-state index contributed by atoms with van der Waals surface area (Å²) >= 11 is 0. The third-order valence-electron chi connectivity index (χ3n) is 2.45. The highest BCUT2D eigenvalue weighted by molar-refractivity contribution is 5.84. The molecule has 0 radical (unpaired) electrons. The molecule has 0 saturated carbocycles. The van der Waals surface area contributed by atoms with Gasteiger partial charge in [-0.25, -0.2) is 14.3 Å². The summed E-state index contributed by atoms with van der Waals surface area (Å²) in [5, 5.41) is 21.1. The number of carboxylic acids is 1. The number of carbonyl (C=O) groups is 2. The van der Waals surface area contributed by atoms with Gasteiger partial charge in [0.2, 0.25) is 0 Å². The fourth-order valence-corrected chi connectivity index (χ4v) is 1.46. The monoisotopic (exact) mass is 285 g/mol. The van der Waals surface area contributed by atoms with Gasteiger partial charge in [0, 0.05) is 20.2 Å². The van der Waals surface area contributed by atoms with Crippen molar-refractivity contribution in [1.82, 2.24) is 25.6 Å². The van der Waals surface area contributed by atoms with Crippen LogP contribution in [0, 0.1) is 5.92 Å². The molecule has 0 bridgehead atoms. The average Bonchev–Trinajstić information content (AvgIpc) is 2.86. The zero-order chi connectivity index (χ0) is 15.0. The van der Waals surface area contributed by atoms with E-state index in [1.807, 2.05) is 6.92 Å². The van der Waals surface area contributed by atoms with E-state index in [9.17, 15) is 9.59 Å². The van der Waals surface area contributed by atoms with Crippen LogP contribution in [-0.4, -0.2) is 58.9 Å². The summed E-state index contributed by atoms with van der Waals surface area (Å²) in [5.74, 6) is -0.895. The molecule has 3 N–H and O–H groups in total. The van der Waals surface area contributed by atoms with Crippen LogP contribution in [0.2, 0.25) is 0 Å². The lowest BCUT2D eigenvalue weighted by atomic mass is 10.2. The summed E-state index contributed by atoms with van der Waals surface area (Å²) in [5.41, 5.74) is -0.122. The van der Waals surface area contributed by atoms with Gasteiger partial charge in [-0.2, -0.15) is 0 Å². The molecule has 1 heterocycles. The smallest absolute Gasteiger partial charge is 0.358 e. The molecule has 9 nitrogen and oxygen atoms in total. The first kappa shape index (κ1) is 15.9. The Bertz CT molecular complexity index is 448. The molecule has 112 valence electrons. The number of nitrogens with zero attached hydrogens (tertiary/aromatic N) is 3. The molecule has 0 aliphatic heterocycles. The molecule has 1 aromatic heterocycles. The van der Waals surface area contributed by atoms with Gasteiger partial charge in [0.1, 0.15) is 0 Å². The number of hydrogen-bond donors (Lipinski definition) is 3. The Balaban J connectivity index is 2.19. The second-order valence-corrected chi connectivity index (χ2v) is 4.37. The van der Waals surface area contributed by atoms with E-state index in [0.717, 1.165) is 0 Å². The van der Waals surface area contributed by atoms with Gasteiger partial charge in [0.25, 0.3) is 0 Å². The lowest BCUT2D eigenvalue weighted by molar-refractivity contribution is 0.0690. The molecular weight excluding hydrogens is 266 g/mol. The van der Waals surface area contributed by atoms with Crippen LogP contribution in [-0.2, 0) is 11.3 Å². The van der Waals surface area contributed by atoms with E-state index in [1.54, 1.807) is 7.11 Å². The number of aromatic nitrogens is 3. The zero-order valence-electron chi connectivity index (χ0n) is 11.5. The number of amides is 2. The molecule has 0 aromatic carbocycles. The van der Waals surface area contributed by atoms with Gasteiger partial charge in [-0.15, -0.1) is 5.10 Å². The Kier molecular flexibility index (Phi) is 6.44. The summed E-state index contributed by atoms with van der Waals surface area (Å²) in [4.78, 5) is 22.0. The molecule has 0 fully saturated rings. The Labute approximate surface area is 116 Å². The third-order valence-corrected chi connectivity index (χ3v) is 2.45. The Morgan fingerprint density at radius 2 is 2.25 bits per heavy atom. The minimum Gasteiger partial charge on any atom is -0.476 e. The Morgan fingerprint density at radius 1 is 1.50 bits per heavy atom. The molecule has 0 spiro atoms. The number of carbonyl (C=O) groups excluding carboxylic acids is 1. The van der Waals surface area contributed by atoms with Crippen LogP contribution in [0.1, 0.15) is 17.4 Å². The minimum absolute atomic E-state index is 0.122. The van der Waals surface area contributed by atoms with Crippen molar-refractivity contribution in [3.8, 4) is 0 Å². The van der Waals surface area contributed by atoms with Crippen molar-refractivity contribution in [1.29, 1.82) is 0 Å². The fraction of sp³-hybridized carbons (Fsp3) is 0.636. The van der Waals surface area contributed by atoms with E-state index >= 15 is 0 Å². The lowest BCUT2D eigenvalue weighted by Gasteiger charge is -2.12. The van der Waals surface area contributed by atoms with Crippen LogP contribution >= 0.6 is 0 Å². The van der Waals surface area contributed by atoms with E-state index in [0.29, 0.717) is 26.2 Å². The Hall–Kier alpha value is -2.16. The van der Waals surface area contributed by atoms with Crippen molar-refractivity contribution in [3.05, 3.63) is 11.9 Å². The lowest BCUT2D eigenvalue weighted by Crippen LogP contribution is -2.39. The number of methoxy groups -OCH3 is 1. The number of aromatic carboxylic acids is 1. The largest absolute Gasteiger partial charge is 0.476 e. The molecule has 0 aliphatic rings. The highest BCUT2D eigenvalue weighted by Gasteiger charge is 2.08. The van der Waals surface area contributed by atoms with E-state index in [1.165, 1.54) is 10.9 Å². The second kappa shape index (κ2) is 8.10. The molecule has 9 heteroatoms. The van der Waals surface area contributed by atoms with Crippen LogP contribution < -0.4 is 10.6 Å². The van der Waals surface area contributed by atoms with Gasteiger partial charge in [0.05, 0.1) is 19.3 Å². The van der Waals surface area contributed by atoms with Crippen LogP contribution in [0.5, 0.6) is 0 Å². The molecule has 1 aromatic rings. The number of urea groups is 1. The van der Waals surface area contributed by atoms with Crippen LogP contribution in [0.25, 0.3) is 0 Å². The maximum atomic E-state index is 11.5. The van der Waals surface area contributed by atoms with Gasteiger partial charge in [0.15, 0.2) is 5.69 Å². The fourth-order valence-electron chi connectivity index (χ4n) is 1.46. The summed E-state index contributed by atoms with van der Waals surface area (Å²) in [6, 6.07) is -0.286. The van der Waals surface area contributed by atoms with E-state index < -0.39 is 5.97 Å². The van der Waals surface area contributed by atoms with Crippen molar-refractivity contribution in [2.75, 3.05) is 26.8 Å². The molecule has 0 aliphatic carbocycles. The molecule has 2 amide bonds. The first-order chi connectivity index (χ1) is 9.52. The van der Waals surface area contributed by atoms with Crippen molar-refractivity contribution >= 4 is 12.0 Å². The predicted molar refractivity (Wildman–Crippen MR) is 69.4 cm³/mol.